The van der Waals surface area contributed by atoms with Gasteiger partial charge in [0.15, 0.2) is 0 Å². The van der Waals surface area contributed by atoms with Gasteiger partial charge < -0.3 is 20.3 Å². The number of carbonyl (C=O) groups is 1. The highest BCUT2D eigenvalue weighted by Gasteiger charge is 2.17. The monoisotopic (exact) mass is 332 g/mol. The molecule has 0 radical (unpaired) electrons. The molecule has 2 rings (SSSR count). The summed E-state index contributed by atoms with van der Waals surface area (Å²) < 4.78 is 10.5. The first-order valence-electron chi connectivity index (χ1n) is 8.11. The minimum atomic E-state index is -0.334. The third-order valence-electron chi connectivity index (χ3n) is 3.63. The SMILES string of the molecule is COc1cccc(-c2noc(C(C)NC(=O)CCCCCN)n2)c1. The molecular weight excluding hydrogens is 308 g/mol. The van der Waals surface area contributed by atoms with Crippen LogP contribution in [0.15, 0.2) is 28.8 Å². The molecule has 3 N–H and O–H groups in total. The molecule has 0 spiro atoms. The van der Waals surface area contributed by atoms with Gasteiger partial charge in [-0.3, -0.25) is 4.79 Å². The molecule has 1 heterocycles. The summed E-state index contributed by atoms with van der Waals surface area (Å²) in [5.74, 6) is 1.54. The summed E-state index contributed by atoms with van der Waals surface area (Å²) >= 11 is 0. The fourth-order valence-electron chi connectivity index (χ4n) is 2.27. The van der Waals surface area contributed by atoms with E-state index in [0.29, 0.717) is 24.7 Å². The van der Waals surface area contributed by atoms with Crippen LogP contribution in [0.4, 0.5) is 0 Å². The van der Waals surface area contributed by atoms with Crippen LogP contribution in [0.25, 0.3) is 11.4 Å². The smallest absolute Gasteiger partial charge is 0.249 e. The summed E-state index contributed by atoms with van der Waals surface area (Å²) in [6.45, 7) is 2.48. The molecule has 1 atom stereocenters. The number of aromatic nitrogens is 2. The van der Waals surface area contributed by atoms with Gasteiger partial charge >= 0.3 is 0 Å². The van der Waals surface area contributed by atoms with Gasteiger partial charge in [0.1, 0.15) is 11.8 Å². The van der Waals surface area contributed by atoms with Crippen molar-refractivity contribution in [2.45, 2.75) is 38.6 Å². The fourth-order valence-corrected chi connectivity index (χ4v) is 2.27. The van der Waals surface area contributed by atoms with E-state index in [2.05, 4.69) is 15.5 Å². The van der Waals surface area contributed by atoms with Crippen LogP contribution in [0.2, 0.25) is 0 Å². The Morgan fingerprint density at radius 1 is 1.38 bits per heavy atom. The van der Waals surface area contributed by atoms with E-state index in [9.17, 15) is 4.79 Å². The Morgan fingerprint density at radius 2 is 2.21 bits per heavy atom. The quantitative estimate of drug-likeness (QED) is 0.684. The number of unbranched alkanes of at least 4 members (excludes halogenated alkanes) is 2. The molecule has 130 valence electrons. The molecule has 7 nitrogen and oxygen atoms in total. The molecule has 7 heteroatoms. The van der Waals surface area contributed by atoms with Crippen molar-refractivity contribution in [3.8, 4) is 17.1 Å². The average Bonchev–Trinajstić information content (AvgIpc) is 3.09. The number of rotatable bonds is 9. The van der Waals surface area contributed by atoms with Crippen LogP contribution in [0.3, 0.4) is 0 Å². The largest absolute Gasteiger partial charge is 0.497 e. The lowest BCUT2D eigenvalue weighted by molar-refractivity contribution is -0.122. The Morgan fingerprint density at radius 3 is 2.96 bits per heavy atom. The molecular formula is C17H24N4O3. The van der Waals surface area contributed by atoms with Gasteiger partial charge in [0, 0.05) is 12.0 Å². The molecule has 0 aliphatic carbocycles. The molecule has 0 saturated heterocycles. The van der Waals surface area contributed by atoms with Gasteiger partial charge in [-0.05, 0) is 38.4 Å². The summed E-state index contributed by atoms with van der Waals surface area (Å²) in [5, 5.41) is 6.84. The number of benzene rings is 1. The van der Waals surface area contributed by atoms with Crippen molar-refractivity contribution in [3.05, 3.63) is 30.2 Å². The van der Waals surface area contributed by atoms with Gasteiger partial charge in [0.2, 0.25) is 17.6 Å². The van der Waals surface area contributed by atoms with E-state index in [-0.39, 0.29) is 11.9 Å². The van der Waals surface area contributed by atoms with Gasteiger partial charge in [-0.1, -0.05) is 23.7 Å². The van der Waals surface area contributed by atoms with Crippen molar-refractivity contribution in [2.24, 2.45) is 5.73 Å². The van der Waals surface area contributed by atoms with Crippen molar-refractivity contribution in [1.29, 1.82) is 0 Å². The number of ether oxygens (including phenoxy) is 1. The maximum absolute atomic E-state index is 11.9. The zero-order valence-corrected chi connectivity index (χ0v) is 14.1. The zero-order valence-electron chi connectivity index (χ0n) is 14.1. The van der Waals surface area contributed by atoms with E-state index in [1.807, 2.05) is 31.2 Å². The van der Waals surface area contributed by atoms with Crippen molar-refractivity contribution in [2.75, 3.05) is 13.7 Å². The summed E-state index contributed by atoms with van der Waals surface area (Å²) in [6, 6.07) is 7.07. The van der Waals surface area contributed by atoms with E-state index >= 15 is 0 Å². The van der Waals surface area contributed by atoms with Gasteiger partial charge in [0.25, 0.3) is 0 Å². The topological polar surface area (TPSA) is 103 Å². The van der Waals surface area contributed by atoms with Crippen molar-refractivity contribution in [1.82, 2.24) is 15.5 Å². The molecule has 1 unspecified atom stereocenters. The number of hydrogen-bond acceptors (Lipinski definition) is 6. The summed E-state index contributed by atoms with van der Waals surface area (Å²) in [4.78, 5) is 16.3. The summed E-state index contributed by atoms with van der Waals surface area (Å²) in [5.41, 5.74) is 6.23. The second kappa shape index (κ2) is 9.02. The fraction of sp³-hybridized carbons (Fsp3) is 0.471. The van der Waals surface area contributed by atoms with E-state index in [0.717, 1.165) is 30.6 Å². The minimum absolute atomic E-state index is 0.0272. The molecule has 1 aromatic carbocycles. The van der Waals surface area contributed by atoms with Crippen molar-refractivity contribution >= 4 is 5.91 Å². The molecule has 1 aromatic heterocycles. The minimum Gasteiger partial charge on any atom is -0.497 e. The van der Waals surface area contributed by atoms with Crippen LogP contribution in [0.5, 0.6) is 5.75 Å². The van der Waals surface area contributed by atoms with Crippen LogP contribution in [0.1, 0.15) is 44.5 Å². The average molecular weight is 332 g/mol. The van der Waals surface area contributed by atoms with Crippen LogP contribution in [-0.2, 0) is 4.79 Å². The van der Waals surface area contributed by atoms with E-state index in [1.165, 1.54) is 0 Å². The zero-order chi connectivity index (χ0) is 17.4. The predicted octanol–water partition coefficient (Wildman–Crippen LogP) is 2.44. The highest BCUT2D eigenvalue weighted by Crippen LogP contribution is 2.22. The molecule has 24 heavy (non-hydrogen) atoms. The van der Waals surface area contributed by atoms with Crippen molar-refractivity contribution < 1.29 is 14.1 Å². The number of nitrogens with one attached hydrogen (secondary N) is 1. The number of amides is 1. The molecule has 0 aliphatic rings. The lowest BCUT2D eigenvalue weighted by Crippen LogP contribution is -2.26. The number of hydrogen-bond donors (Lipinski definition) is 2. The van der Waals surface area contributed by atoms with Gasteiger partial charge in [0.05, 0.1) is 7.11 Å². The highest BCUT2D eigenvalue weighted by molar-refractivity contribution is 5.76. The lowest BCUT2D eigenvalue weighted by Gasteiger charge is -2.09. The van der Waals surface area contributed by atoms with Crippen LogP contribution < -0.4 is 15.8 Å². The first-order chi connectivity index (χ1) is 11.6. The van der Waals surface area contributed by atoms with E-state index < -0.39 is 0 Å². The van der Waals surface area contributed by atoms with E-state index in [4.69, 9.17) is 15.0 Å². The maximum Gasteiger partial charge on any atom is 0.249 e. The Balaban J connectivity index is 1.93. The maximum atomic E-state index is 11.9. The second-order valence-corrected chi connectivity index (χ2v) is 5.58. The Labute approximate surface area is 141 Å². The Bertz CT molecular complexity index is 657. The van der Waals surface area contributed by atoms with Crippen LogP contribution in [-0.4, -0.2) is 29.7 Å². The number of nitrogens with zero attached hydrogens (tertiary/aromatic N) is 2. The third kappa shape index (κ3) is 5.06. The Kier molecular flexibility index (Phi) is 6.74. The van der Waals surface area contributed by atoms with E-state index in [1.54, 1.807) is 7.11 Å². The van der Waals surface area contributed by atoms with Gasteiger partial charge in [-0.25, -0.2) is 0 Å². The molecule has 0 bridgehead atoms. The highest BCUT2D eigenvalue weighted by atomic mass is 16.5. The summed E-state index contributed by atoms with van der Waals surface area (Å²) in [6.07, 6.45) is 3.20. The standard InChI is InChI=1S/C17H24N4O3/c1-12(19-15(22)9-4-3-5-10-18)17-20-16(21-24-17)13-7-6-8-14(11-13)23-2/h6-8,11-12H,3-5,9-10,18H2,1-2H3,(H,19,22). The second-order valence-electron chi connectivity index (χ2n) is 5.58. The first kappa shape index (κ1) is 17.9. The van der Waals surface area contributed by atoms with Gasteiger partial charge in [-0.2, -0.15) is 4.98 Å². The third-order valence-corrected chi connectivity index (χ3v) is 3.63. The van der Waals surface area contributed by atoms with Gasteiger partial charge in [-0.15, -0.1) is 0 Å². The number of methoxy groups -OCH3 is 1. The normalized spacial score (nSPS) is 12.0. The summed E-state index contributed by atoms with van der Waals surface area (Å²) in [7, 11) is 1.60. The lowest BCUT2D eigenvalue weighted by atomic mass is 10.2. The molecule has 0 saturated carbocycles. The van der Waals surface area contributed by atoms with Crippen LogP contribution in [0, 0.1) is 0 Å². The molecule has 1 amide bonds. The molecule has 2 aromatic rings. The van der Waals surface area contributed by atoms with Crippen molar-refractivity contribution in [3.63, 3.8) is 0 Å². The molecule has 0 aliphatic heterocycles. The first-order valence-corrected chi connectivity index (χ1v) is 8.11. The van der Waals surface area contributed by atoms with Crippen LogP contribution >= 0.6 is 0 Å². The number of nitrogens with two attached hydrogens (primary N) is 1. The molecule has 0 fully saturated rings. The Hall–Kier alpha value is -2.41. The number of carbonyl (C=O) groups excluding carboxylic acids is 1. The predicted molar refractivity (Wildman–Crippen MR) is 90.4 cm³/mol.